The van der Waals surface area contributed by atoms with E-state index in [0.29, 0.717) is 17.7 Å². The van der Waals surface area contributed by atoms with Crippen LogP contribution in [0.4, 0.5) is 0 Å². The second kappa shape index (κ2) is 6.68. The van der Waals surface area contributed by atoms with E-state index in [4.69, 9.17) is 5.11 Å². The average molecular weight is 263 g/mol. The number of hydrogen-bond donors (Lipinski definition) is 1. The molecule has 0 aromatic heterocycles. The third-order valence-electron chi connectivity index (χ3n) is 2.80. The van der Waals surface area contributed by atoms with E-state index in [9.17, 15) is 14.4 Å². The Morgan fingerprint density at radius 2 is 1.63 bits per heavy atom. The average Bonchev–Trinajstić information content (AvgIpc) is 2.39. The SMILES string of the molecule is CCN(CCC(=O)O)C(=O)c1ccc(C(C)=O)cc1. The summed E-state index contributed by atoms with van der Waals surface area (Å²) in [4.78, 5) is 35.2. The molecule has 0 atom stereocenters. The first kappa shape index (κ1) is 14.9. The molecule has 1 N–H and O–H groups in total. The van der Waals surface area contributed by atoms with Crippen molar-refractivity contribution < 1.29 is 19.5 Å². The fourth-order valence-electron chi connectivity index (χ4n) is 1.66. The summed E-state index contributed by atoms with van der Waals surface area (Å²) in [5.74, 6) is -1.21. The zero-order chi connectivity index (χ0) is 14.4. The van der Waals surface area contributed by atoms with Crippen LogP contribution in [-0.4, -0.2) is 40.8 Å². The van der Waals surface area contributed by atoms with Crippen molar-refractivity contribution in [2.75, 3.05) is 13.1 Å². The molecule has 0 aliphatic carbocycles. The van der Waals surface area contributed by atoms with Crippen LogP contribution in [-0.2, 0) is 4.79 Å². The van der Waals surface area contributed by atoms with Crippen molar-refractivity contribution >= 4 is 17.7 Å². The third-order valence-corrected chi connectivity index (χ3v) is 2.80. The Bertz CT molecular complexity index is 479. The predicted molar refractivity (Wildman–Crippen MR) is 70.3 cm³/mol. The molecule has 0 saturated heterocycles. The van der Waals surface area contributed by atoms with Crippen LogP contribution in [0.5, 0.6) is 0 Å². The van der Waals surface area contributed by atoms with Crippen LogP contribution in [0.1, 0.15) is 41.0 Å². The van der Waals surface area contributed by atoms with E-state index in [-0.39, 0.29) is 24.7 Å². The van der Waals surface area contributed by atoms with Gasteiger partial charge in [0.2, 0.25) is 0 Å². The Morgan fingerprint density at radius 3 is 2.05 bits per heavy atom. The van der Waals surface area contributed by atoms with Gasteiger partial charge in [-0.2, -0.15) is 0 Å². The van der Waals surface area contributed by atoms with Crippen molar-refractivity contribution in [1.29, 1.82) is 0 Å². The topological polar surface area (TPSA) is 74.7 Å². The van der Waals surface area contributed by atoms with Crippen molar-refractivity contribution in [2.24, 2.45) is 0 Å². The van der Waals surface area contributed by atoms with Crippen LogP contribution in [0.3, 0.4) is 0 Å². The lowest BCUT2D eigenvalue weighted by atomic mass is 10.1. The van der Waals surface area contributed by atoms with Gasteiger partial charge in [0, 0.05) is 24.2 Å². The number of aliphatic carboxylic acids is 1. The summed E-state index contributed by atoms with van der Waals surface area (Å²) in [5.41, 5.74) is 1.00. The normalized spacial score (nSPS) is 10.0. The molecular formula is C14H17NO4. The molecule has 0 aliphatic rings. The maximum absolute atomic E-state index is 12.1. The number of carbonyl (C=O) groups is 3. The molecule has 19 heavy (non-hydrogen) atoms. The van der Waals surface area contributed by atoms with Gasteiger partial charge in [-0.25, -0.2) is 0 Å². The molecule has 0 saturated carbocycles. The molecule has 1 aromatic rings. The van der Waals surface area contributed by atoms with Crippen molar-refractivity contribution in [3.8, 4) is 0 Å². The second-order valence-corrected chi connectivity index (χ2v) is 4.16. The van der Waals surface area contributed by atoms with E-state index in [0.717, 1.165) is 0 Å². The lowest BCUT2D eigenvalue weighted by Gasteiger charge is -2.20. The Balaban J connectivity index is 2.79. The van der Waals surface area contributed by atoms with Gasteiger partial charge in [-0.3, -0.25) is 14.4 Å². The molecule has 0 radical (unpaired) electrons. The number of Topliss-reactive ketones (excluding diaryl/α,β-unsaturated/α-hetero) is 1. The zero-order valence-electron chi connectivity index (χ0n) is 11.0. The van der Waals surface area contributed by atoms with E-state index in [2.05, 4.69) is 0 Å². The van der Waals surface area contributed by atoms with Crippen molar-refractivity contribution in [3.05, 3.63) is 35.4 Å². The van der Waals surface area contributed by atoms with Crippen LogP contribution in [0.15, 0.2) is 24.3 Å². The summed E-state index contributed by atoms with van der Waals surface area (Å²) >= 11 is 0. The predicted octanol–water partition coefficient (Wildman–Crippen LogP) is 1.83. The largest absolute Gasteiger partial charge is 0.481 e. The molecule has 0 unspecified atom stereocenters. The highest BCUT2D eigenvalue weighted by atomic mass is 16.4. The highest BCUT2D eigenvalue weighted by molar-refractivity contribution is 5.97. The van der Waals surface area contributed by atoms with Crippen molar-refractivity contribution in [3.63, 3.8) is 0 Å². The smallest absolute Gasteiger partial charge is 0.305 e. The zero-order valence-corrected chi connectivity index (χ0v) is 11.0. The molecular weight excluding hydrogens is 246 g/mol. The minimum atomic E-state index is -0.932. The number of carbonyl (C=O) groups excluding carboxylic acids is 2. The highest BCUT2D eigenvalue weighted by Crippen LogP contribution is 2.09. The van der Waals surface area contributed by atoms with Crippen LogP contribution >= 0.6 is 0 Å². The van der Waals surface area contributed by atoms with Gasteiger partial charge in [-0.15, -0.1) is 0 Å². The van der Waals surface area contributed by atoms with Crippen molar-refractivity contribution in [2.45, 2.75) is 20.3 Å². The molecule has 5 nitrogen and oxygen atoms in total. The number of ketones is 1. The summed E-state index contributed by atoms with van der Waals surface area (Å²) in [7, 11) is 0. The van der Waals surface area contributed by atoms with Crippen LogP contribution < -0.4 is 0 Å². The maximum Gasteiger partial charge on any atom is 0.305 e. The van der Waals surface area contributed by atoms with Gasteiger partial charge in [0.25, 0.3) is 5.91 Å². The van der Waals surface area contributed by atoms with Gasteiger partial charge < -0.3 is 10.0 Å². The van der Waals surface area contributed by atoms with Gasteiger partial charge in [0.15, 0.2) is 5.78 Å². The van der Waals surface area contributed by atoms with Crippen molar-refractivity contribution in [1.82, 2.24) is 4.90 Å². The van der Waals surface area contributed by atoms with Gasteiger partial charge >= 0.3 is 5.97 Å². The molecule has 1 rings (SSSR count). The molecule has 1 aromatic carbocycles. The summed E-state index contributed by atoms with van der Waals surface area (Å²) < 4.78 is 0. The van der Waals surface area contributed by atoms with E-state index < -0.39 is 5.97 Å². The lowest BCUT2D eigenvalue weighted by Crippen LogP contribution is -2.32. The molecule has 0 spiro atoms. The summed E-state index contributed by atoms with van der Waals surface area (Å²) in [6.07, 6.45) is -0.0783. The molecule has 0 bridgehead atoms. The van der Waals surface area contributed by atoms with Crippen LogP contribution in [0.25, 0.3) is 0 Å². The Morgan fingerprint density at radius 1 is 1.11 bits per heavy atom. The van der Waals surface area contributed by atoms with Gasteiger partial charge in [0.05, 0.1) is 6.42 Å². The van der Waals surface area contributed by atoms with Crippen LogP contribution in [0.2, 0.25) is 0 Å². The van der Waals surface area contributed by atoms with E-state index in [1.807, 2.05) is 0 Å². The summed E-state index contributed by atoms with van der Waals surface area (Å²) in [6.45, 7) is 3.88. The van der Waals surface area contributed by atoms with Gasteiger partial charge in [0.1, 0.15) is 0 Å². The third kappa shape index (κ3) is 4.21. The Kier molecular flexibility index (Phi) is 5.23. The lowest BCUT2D eigenvalue weighted by molar-refractivity contribution is -0.137. The molecule has 0 aliphatic heterocycles. The fraction of sp³-hybridized carbons (Fsp3) is 0.357. The quantitative estimate of drug-likeness (QED) is 0.794. The molecule has 0 fully saturated rings. The second-order valence-electron chi connectivity index (χ2n) is 4.16. The molecule has 1 amide bonds. The summed E-state index contributed by atoms with van der Waals surface area (Å²) in [5, 5.41) is 8.63. The highest BCUT2D eigenvalue weighted by Gasteiger charge is 2.15. The number of hydrogen-bond acceptors (Lipinski definition) is 3. The van der Waals surface area contributed by atoms with E-state index >= 15 is 0 Å². The minimum Gasteiger partial charge on any atom is -0.481 e. The molecule has 102 valence electrons. The number of carboxylic acids is 1. The van der Waals surface area contributed by atoms with Gasteiger partial charge in [-0.05, 0) is 26.0 Å². The fourth-order valence-corrected chi connectivity index (χ4v) is 1.66. The first-order chi connectivity index (χ1) is 8.95. The van der Waals surface area contributed by atoms with Gasteiger partial charge in [-0.1, -0.05) is 12.1 Å². The van der Waals surface area contributed by atoms with E-state index in [1.165, 1.54) is 11.8 Å². The number of benzene rings is 1. The monoisotopic (exact) mass is 263 g/mol. The number of nitrogens with zero attached hydrogens (tertiary/aromatic N) is 1. The standard InChI is InChI=1S/C14H17NO4/c1-3-15(9-8-13(17)18)14(19)12-6-4-11(5-7-12)10(2)16/h4-7H,3,8-9H2,1-2H3,(H,17,18). The number of rotatable bonds is 6. The molecule has 0 heterocycles. The number of amides is 1. The minimum absolute atomic E-state index is 0.0581. The van der Waals surface area contributed by atoms with Crippen LogP contribution in [0, 0.1) is 0 Å². The molecule has 5 heteroatoms. The Hall–Kier alpha value is -2.17. The Labute approximate surface area is 111 Å². The number of carboxylic acid groups (broad SMARTS) is 1. The first-order valence-corrected chi connectivity index (χ1v) is 6.07. The van der Waals surface area contributed by atoms with E-state index in [1.54, 1.807) is 31.2 Å². The maximum atomic E-state index is 12.1. The first-order valence-electron chi connectivity index (χ1n) is 6.07. The summed E-state index contributed by atoms with van der Waals surface area (Å²) in [6, 6.07) is 6.37.